The number of hydrogen-bond acceptors (Lipinski definition) is 0. The van der Waals surface area contributed by atoms with Crippen molar-refractivity contribution >= 4 is 38.4 Å². The third-order valence-corrected chi connectivity index (χ3v) is 9.23. The van der Waals surface area contributed by atoms with Crippen LogP contribution in [0.2, 0.25) is 0 Å². The minimum atomic E-state index is -4.63. The van der Waals surface area contributed by atoms with Crippen LogP contribution in [0.3, 0.4) is 0 Å². The van der Waals surface area contributed by atoms with Gasteiger partial charge in [-0.3, -0.25) is 0 Å². The molecule has 0 amide bonds. The van der Waals surface area contributed by atoms with Gasteiger partial charge in [-0.1, -0.05) is 97.1 Å². The molecule has 0 nitrogen and oxygen atoms in total. The normalized spacial score (nSPS) is 13.2. The lowest BCUT2D eigenvalue weighted by Gasteiger charge is -2.21. The standard InChI is InChI=1S/C42H24F6/c43-41(44,45)29-20-22-36-37(23-29)39(28-17-15-27(16-18-28)32-13-5-9-25-7-1-3-11-31(25)32)35-21-19-30(42(46,47)48)24-38(35)40(36)34-14-6-10-26-8-2-4-12-33(26)34/h2-3,5-6,8-11,13-24H,1,7H2. The van der Waals surface area contributed by atoms with Crippen molar-refractivity contribution in [3.05, 3.63) is 150 Å². The van der Waals surface area contributed by atoms with Gasteiger partial charge in [-0.05, 0) is 121 Å². The molecule has 0 unspecified atom stereocenters. The summed E-state index contributed by atoms with van der Waals surface area (Å²) in [5.41, 5.74) is 4.66. The van der Waals surface area contributed by atoms with Crippen LogP contribution in [0.1, 0.15) is 28.7 Å². The molecule has 0 saturated carbocycles. The highest BCUT2D eigenvalue weighted by Crippen LogP contribution is 2.48. The SMILES string of the molecule is FC(F)(F)c1ccc2c(-c3cccc4ccc#cc34)c3cc(C(F)(F)F)ccc3c(-c3ccc(-c4cccc5c4C=CCC5)cc3)c2c1. The van der Waals surface area contributed by atoms with Crippen molar-refractivity contribution in [3.8, 4) is 33.4 Å². The molecule has 0 bridgehead atoms. The molecule has 0 N–H and O–H groups in total. The predicted molar refractivity (Wildman–Crippen MR) is 180 cm³/mol. The van der Waals surface area contributed by atoms with Gasteiger partial charge in [-0.2, -0.15) is 26.3 Å². The first-order valence-corrected chi connectivity index (χ1v) is 15.5. The Morgan fingerprint density at radius 1 is 0.562 bits per heavy atom. The molecule has 1 aliphatic carbocycles. The van der Waals surface area contributed by atoms with E-state index in [4.69, 9.17) is 0 Å². The van der Waals surface area contributed by atoms with Gasteiger partial charge in [-0.15, -0.1) is 0 Å². The molecule has 6 heteroatoms. The average Bonchev–Trinajstić information content (AvgIpc) is 3.09. The fraction of sp³-hybridized carbons (Fsp3) is 0.0952. The van der Waals surface area contributed by atoms with Gasteiger partial charge in [0.1, 0.15) is 0 Å². The monoisotopic (exact) mass is 642 g/mol. The van der Waals surface area contributed by atoms with Crippen molar-refractivity contribution in [1.29, 1.82) is 0 Å². The number of alkyl halides is 6. The second kappa shape index (κ2) is 11.0. The number of hydrogen-bond donors (Lipinski definition) is 0. The Kier molecular flexibility index (Phi) is 6.85. The van der Waals surface area contributed by atoms with Crippen molar-refractivity contribution in [3.63, 3.8) is 0 Å². The van der Waals surface area contributed by atoms with Crippen LogP contribution in [0.25, 0.3) is 71.8 Å². The zero-order chi connectivity index (χ0) is 33.2. The number of fused-ring (bicyclic) bond motifs is 4. The van der Waals surface area contributed by atoms with Gasteiger partial charge in [-0.25, -0.2) is 0 Å². The van der Waals surface area contributed by atoms with E-state index in [1.807, 2.05) is 48.5 Å². The van der Waals surface area contributed by atoms with Crippen molar-refractivity contribution in [2.45, 2.75) is 25.2 Å². The molecule has 48 heavy (non-hydrogen) atoms. The highest BCUT2D eigenvalue weighted by atomic mass is 19.4. The molecule has 0 heterocycles. The molecule has 1 aliphatic rings. The molecule has 7 aromatic carbocycles. The molecule has 234 valence electrons. The van der Waals surface area contributed by atoms with E-state index >= 15 is 0 Å². The summed E-state index contributed by atoms with van der Waals surface area (Å²) < 4.78 is 85.3. The van der Waals surface area contributed by atoms with Crippen LogP contribution in [0, 0.1) is 12.1 Å². The number of aryl methyl sites for hydroxylation is 1. The third kappa shape index (κ3) is 4.98. The smallest absolute Gasteiger partial charge is 0.166 e. The zero-order valence-corrected chi connectivity index (χ0v) is 25.2. The highest BCUT2D eigenvalue weighted by Gasteiger charge is 2.33. The van der Waals surface area contributed by atoms with E-state index in [-0.39, 0.29) is 10.8 Å². The average molecular weight is 643 g/mol. The minimum absolute atomic E-state index is 0.281. The van der Waals surface area contributed by atoms with Gasteiger partial charge in [0.25, 0.3) is 0 Å². The summed E-state index contributed by atoms with van der Waals surface area (Å²) in [6.07, 6.45) is -3.11. The van der Waals surface area contributed by atoms with Gasteiger partial charge in [0.15, 0.2) is 0 Å². The number of halogens is 6. The first kappa shape index (κ1) is 29.8. The molecule has 0 spiro atoms. The quantitative estimate of drug-likeness (QED) is 0.133. The second-order valence-corrected chi connectivity index (χ2v) is 12.0. The van der Waals surface area contributed by atoms with Crippen LogP contribution in [-0.4, -0.2) is 0 Å². The van der Waals surface area contributed by atoms with Gasteiger partial charge in [0, 0.05) is 5.39 Å². The summed E-state index contributed by atoms with van der Waals surface area (Å²) in [5.74, 6) is 0. The molecule has 0 fully saturated rings. The van der Waals surface area contributed by atoms with E-state index in [9.17, 15) is 26.3 Å². The van der Waals surface area contributed by atoms with E-state index in [0.717, 1.165) is 59.2 Å². The van der Waals surface area contributed by atoms with E-state index in [2.05, 4.69) is 30.4 Å². The van der Waals surface area contributed by atoms with Crippen molar-refractivity contribution < 1.29 is 26.3 Å². The van der Waals surface area contributed by atoms with E-state index in [1.165, 1.54) is 17.7 Å². The Morgan fingerprint density at radius 3 is 1.90 bits per heavy atom. The van der Waals surface area contributed by atoms with Crippen LogP contribution in [-0.2, 0) is 18.8 Å². The van der Waals surface area contributed by atoms with Crippen LogP contribution in [0.15, 0.2) is 115 Å². The summed E-state index contributed by atoms with van der Waals surface area (Å²) in [6.45, 7) is 0. The molecule has 0 atom stereocenters. The van der Waals surface area contributed by atoms with Gasteiger partial charge < -0.3 is 0 Å². The van der Waals surface area contributed by atoms with Crippen LogP contribution in [0.5, 0.6) is 0 Å². The van der Waals surface area contributed by atoms with Gasteiger partial charge in [0.05, 0.1) is 11.1 Å². The predicted octanol–water partition coefficient (Wildman–Crippen LogP) is 12.7. The van der Waals surface area contributed by atoms with Crippen molar-refractivity contribution in [2.75, 3.05) is 0 Å². The third-order valence-electron chi connectivity index (χ3n) is 9.23. The molecule has 0 aromatic heterocycles. The Balaban J connectivity index is 1.46. The highest BCUT2D eigenvalue weighted by molar-refractivity contribution is 6.23. The molecule has 7 aromatic rings. The number of allylic oxidation sites excluding steroid dienone is 1. The van der Waals surface area contributed by atoms with Crippen LogP contribution < -0.4 is 0 Å². The Hall–Kier alpha value is -5.54. The molecular weight excluding hydrogens is 618 g/mol. The maximum atomic E-state index is 14.2. The van der Waals surface area contributed by atoms with Crippen molar-refractivity contribution in [2.24, 2.45) is 0 Å². The summed E-state index contributed by atoms with van der Waals surface area (Å²) in [7, 11) is 0. The van der Waals surface area contributed by atoms with Crippen LogP contribution in [0.4, 0.5) is 26.3 Å². The Bertz CT molecular complexity index is 2410. The largest absolute Gasteiger partial charge is 0.416 e. The van der Waals surface area contributed by atoms with E-state index in [1.54, 1.807) is 18.2 Å². The Morgan fingerprint density at radius 2 is 1.19 bits per heavy atom. The first-order chi connectivity index (χ1) is 23.1. The molecule has 8 rings (SSSR count). The molecular formula is C42H24F6. The molecule has 0 aliphatic heterocycles. The lowest BCUT2D eigenvalue weighted by atomic mass is 9.83. The topological polar surface area (TPSA) is 0 Å². The van der Waals surface area contributed by atoms with E-state index in [0.29, 0.717) is 38.4 Å². The summed E-state index contributed by atoms with van der Waals surface area (Å²) >= 11 is 0. The summed E-state index contributed by atoms with van der Waals surface area (Å²) in [4.78, 5) is 0. The fourth-order valence-corrected chi connectivity index (χ4v) is 7.02. The summed E-state index contributed by atoms with van der Waals surface area (Å²) in [6, 6.07) is 35.6. The Labute approximate surface area is 272 Å². The lowest BCUT2D eigenvalue weighted by Crippen LogP contribution is -2.06. The van der Waals surface area contributed by atoms with E-state index < -0.39 is 23.5 Å². The lowest BCUT2D eigenvalue weighted by molar-refractivity contribution is -0.138. The minimum Gasteiger partial charge on any atom is -0.166 e. The first-order valence-electron chi connectivity index (χ1n) is 15.5. The van der Waals surface area contributed by atoms with Gasteiger partial charge in [0.2, 0.25) is 0 Å². The fourth-order valence-electron chi connectivity index (χ4n) is 7.02. The number of benzene rings is 6. The maximum Gasteiger partial charge on any atom is 0.416 e. The van der Waals surface area contributed by atoms with Gasteiger partial charge >= 0.3 is 12.4 Å². The number of rotatable bonds is 3. The zero-order valence-electron chi connectivity index (χ0n) is 25.2. The molecule has 0 radical (unpaired) electrons. The second-order valence-electron chi connectivity index (χ2n) is 12.0. The van der Waals surface area contributed by atoms with Crippen molar-refractivity contribution in [1.82, 2.24) is 0 Å². The maximum absolute atomic E-state index is 14.2. The summed E-state index contributed by atoms with van der Waals surface area (Å²) in [5, 5.41) is 2.77. The van der Waals surface area contributed by atoms with Crippen LogP contribution >= 0.6 is 0 Å². The molecule has 0 saturated heterocycles.